The lowest BCUT2D eigenvalue weighted by atomic mass is 9.78. The first-order valence-corrected chi connectivity index (χ1v) is 9.36. The van der Waals surface area contributed by atoms with Crippen LogP contribution >= 0.6 is 0 Å². The van der Waals surface area contributed by atoms with Crippen molar-refractivity contribution in [2.24, 2.45) is 16.7 Å². The average Bonchev–Trinajstić information content (AvgIpc) is 3.12. The summed E-state index contributed by atoms with van der Waals surface area (Å²) in [5, 5.41) is 20.2. The standard InChI is InChI=1S/C24H25NO3/c1-16(2)13-21-23(3,4)24(21,22(26)27)20(15-25)17-9-8-12-19(14-17)28-18-10-6-5-7-11-18/h5-14,20-21H,1-4H3,(H,26,27)/t20-,21+,24-/m1/s1. The SMILES string of the molecule is CC(C)=C[C@H]1C(C)(C)[C@]1(C(=O)O)[C@H](C#N)c1cccc(Oc2ccccc2)c1. The molecule has 0 amide bonds. The van der Waals surface area contributed by atoms with Crippen molar-refractivity contribution in [3.05, 3.63) is 71.8 Å². The van der Waals surface area contributed by atoms with Crippen LogP contribution in [0, 0.1) is 28.1 Å². The van der Waals surface area contributed by atoms with E-state index in [0.717, 1.165) is 5.57 Å². The van der Waals surface area contributed by atoms with Crippen molar-refractivity contribution in [2.75, 3.05) is 0 Å². The molecule has 0 saturated heterocycles. The van der Waals surface area contributed by atoms with Crippen LogP contribution in [0.15, 0.2) is 66.2 Å². The van der Waals surface area contributed by atoms with Gasteiger partial charge in [-0.05, 0) is 49.1 Å². The molecule has 0 radical (unpaired) electrons. The minimum absolute atomic E-state index is 0.203. The molecule has 1 saturated carbocycles. The molecule has 3 atom stereocenters. The van der Waals surface area contributed by atoms with Crippen LogP contribution in [-0.4, -0.2) is 11.1 Å². The van der Waals surface area contributed by atoms with E-state index in [0.29, 0.717) is 17.1 Å². The zero-order valence-electron chi connectivity index (χ0n) is 16.6. The van der Waals surface area contributed by atoms with Gasteiger partial charge in [0.2, 0.25) is 0 Å². The molecule has 0 heterocycles. The Morgan fingerprint density at radius 1 is 1.14 bits per heavy atom. The van der Waals surface area contributed by atoms with E-state index in [1.165, 1.54) is 0 Å². The van der Waals surface area contributed by atoms with Crippen molar-refractivity contribution in [2.45, 2.75) is 33.6 Å². The summed E-state index contributed by atoms with van der Waals surface area (Å²) in [4.78, 5) is 12.4. The van der Waals surface area contributed by atoms with Gasteiger partial charge in [0.05, 0.1) is 12.0 Å². The number of carboxylic acid groups (broad SMARTS) is 1. The molecule has 0 aromatic heterocycles. The first kappa shape index (κ1) is 19.7. The number of nitriles is 1. The molecule has 0 bridgehead atoms. The number of ether oxygens (including phenoxy) is 1. The molecule has 0 spiro atoms. The summed E-state index contributed by atoms with van der Waals surface area (Å²) in [6.07, 6.45) is 1.99. The molecule has 2 aromatic carbocycles. The van der Waals surface area contributed by atoms with Crippen LogP contribution < -0.4 is 4.74 Å². The minimum Gasteiger partial charge on any atom is -0.481 e. The van der Waals surface area contributed by atoms with Crippen molar-refractivity contribution >= 4 is 5.97 Å². The molecule has 1 aliphatic carbocycles. The summed E-state index contributed by atoms with van der Waals surface area (Å²) >= 11 is 0. The lowest BCUT2D eigenvalue weighted by molar-refractivity contribution is -0.145. The predicted molar refractivity (Wildman–Crippen MR) is 108 cm³/mol. The third-order valence-electron chi connectivity index (χ3n) is 5.86. The number of rotatable bonds is 6. The molecule has 1 fully saturated rings. The fraction of sp³-hybridized carbons (Fsp3) is 0.333. The maximum atomic E-state index is 12.4. The predicted octanol–water partition coefficient (Wildman–Crippen LogP) is 5.78. The number of para-hydroxylation sites is 1. The number of allylic oxidation sites excluding steroid dienone is 2. The highest BCUT2D eigenvalue weighted by atomic mass is 16.5. The number of carboxylic acids is 1. The molecule has 0 unspecified atom stereocenters. The van der Waals surface area contributed by atoms with Gasteiger partial charge in [-0.25, -0.2) is 0 Å². The van der Waals surface area contributed by atoms with Gasteiger partial charge in [-0.2, -0.15) is 5.26 Å². The highest BCUT2D eigenvalue weighted by Gasteiger charge is 2.78. The fourth-order valence-electron chi connectivity index (χ4n) is 4.42. The van der Waals surface area contributed by atoms with Crippen LogP contribution in [0.4, 0.5) is 0 Å². The maximum Gasteiger partial charge on any atom is 0.312 e. The van der Waals surface area contributed by atoms with Gasteiger partial charge in [-0.1, -0.05) is 55.8 Å². The van der Waals surface area contributed by atoms with E-state index < -0.39 is 22.7 Å². The molecular weight excluding hydrogens is 350 g/mol. The van der Waals surface area contributed by atoms with Gasteiger partial charge in [0.1, 0.15) is 16.9 Å². The Hall–Kier alpha value is -3.06. The van der Waals surface area contributed by atoms with E-state index >= 15 is 0 Å². The van der Waals surface area contributed by atoms with Gasteiger partial charge in [0.25, 0.3) is 0 Å². The molecule has 1 aliphatic rings. The van der Waals surface area contributed by atoms with Crippen molar-refractivity contribution in [3.63, 3.8) is 0 Å². The summed E-state index contributed by atoms with van der Waals surface area (Å²) in [7, 11) is 0. The lowest BCUT2D eigenvalue weighted by Gasteiger charge is -2.22. The summed E-state index contributed by atoms with van der Waals surface area (Å²) in [5.74, 6) is -0.635. The molecule has 0 aliphatic heterocycles. The summed E-state index contributed by atoms with van der Waals surface area (Å²) in [5.41, 5.74) is 0.0343. The normalized spacial score (nSPS) is 23.2. The maximum absolute atomic E-state index is 12.4. The first-order chi connectivity index (χ1) is 13.2. The Morgan fingerprint density at radius 2 is 1.79 bits per heavy atom. The Bertz CT molecular complexity index is 951. The molecule has 1 N–H and O–H groups in total. The number of hydrogen-bond donors (Lipinski definition) is 1. The van der Waals surface area contributed by atoms with Gasteiger partial charge in [0.15, 0.2) is 0 Å². The Balaban J connectivity index is 2.01. The minimum atomic E-state index is -1.16. The Morgan fingerprint density at radius 3 is 2.36 bits per heavy atom. The largest absolute Gasteiger partial charge is 0.481 e. The van der Waals surface area contributed by atoms with E-state index in [1.807, 2.05) is 76.2 Å². The highest BCUT2D eigenvalue weighted by Crippen LogP contribution is 2.75. The monoisotopic (exact) mass is 375 g/mol. The van der Waals surface area contributed by atoms with Crippen LogP contribution in [0.5, 0.6) is 11.5 Å². The smallest absolute Gasteiger partial charge is 0.312 e. The molecular formula is C24H25NO3. The average molecular weight is 375 g/mol. The zero-order chi connectivity index (χ0) is 20.5. The second-order valence-corrected chi connectivity index (χ2v) is 8.17. The molecule has 4 heteroatoms. The summed E-state index contributed by atoms with van der Waals surface area (Å²) < 4.78 is 5.88. The summed E-state index contributed by atoms with van der Waals surface area (Å²) in [6.45, 7) is 7.77. The van der Waals surface area contributed by atoms with Crippen LogP contribution in [0.2, 0.25) is 0 Å². The van der Waals surface area contributed by atoms with Crippen LogP contribution in [0.25, 0.3) is 0 Å². The first-order valence-electron chi connectivity index (χ1n) is 9.36. The molecule has 28 heavy (non-hydrogen) atoms. The quantitative estimate of drug-likeness (QED) is 0.650. The Labute approximate surface area is 166 Å². The topological polar surface area (TPSA) is 70.3 Å². The van der Waals surface area contributed by atoms with Crippen LogP contribution in [-0.2, 0) is 4.79 Å². The van der Waals surface area contributed by atoms with E-state index in [1.54, 1.807) is 12.1 Å². The molecule has 3 rings (SSSR count). The van der Waals surface area contributed by atoms with Gasteiger partial charge in [-0.15, -0.1) is 0 Å². The van der Waals surface area contributed by atoms with E-state index in [9.17, 15) is 15.2 Å². The number of carbonyl (C=O) groups is 1. The fourth-order valence-corrected chi connectivity index (χ4v) is 4.42. The summed E-state index contributed by atoms with van der Waals surface area (Å²) in [6, 6.07) is 18.9. The van der Waals surface area contributed by atoms with Gasteiger partial charge in [0, 0.05) is 5.92 Å². The van der Waals surface area contributed by atoms with Crippen molar-refractivity contribution < 1.29 is 14.6 Å². The van der Waals surface area contributed by atoms with E-state index in [4.69, 9.17) is 4.74 Å². The lowest BCUT2D eigenvalue weighted by Crippen LogP contribution is -2.28. The molecule has 2 aromatic rings. The van der Waals surface area contributed by atoms with Gasteiger partial charge in [-0.3, -0.25) is 4.79 Å². The third-order valence-corrected chi connectivity index (χ3v) is 5.86. The number of nitrogens with zero attached hydrogens (tertiary/aromatic N) is 1. The third kappa shape index (κ3) is 3.07. The number of aliphatic carboxylic acids is 1. The highest BCUT2D eigenvalue weighted by molar-refractivity contribution is 5.84. The number of benzene rings is 2. The van der Waals surface area contributed by atoms with E-state index in [-0.39, 0.29) is 5.92 Å². The second kappa shape index (κ2) is 7.16. The molecule has 144 valence electrons. The van der Waals surface area contributed by atoms with Crippen molar-refractivity contribution in [1.82, 2.24) is 0 Å². The van der Waals surface area contributed by atoms with Gasteiger partial charge < -0.3 is 9.84 Å². The zero-order valence-corrected chi connectivity index (χ0v) is 16.6. The molecule has 4 nitrogen and oxygen atoms in total. The van der Waals surface area contributed by atoms with Crippen LogP contribution in [0.1, 0.15) is 39.2 Å². The van der Waals surface area contributed by atoms with Crippen molar-refractivity contribution in [1.29, 1.82) is 5.26 Å². The Kier molecular flexibility index (Phi) is 5.04. The number of hydrogen-bond acceptors (Lipinski definition) is 3. The van der Waals surface area contributed by atoms with Gasteiger partial charge >= 0.3 is 5.97 Å². The second-order valence-electron chi connectivity index (χ2n) is 8.17. The van der Waals surface area contributed by atoms with Crippen molar-refractivity contribution in [3.8, 4) is 17.6 Å². The van der Waals surface area contributed by atoms with E-state index in [2.05, 4.69) is 6.07 Å². The van der Waals surface area contributed by atoms with Crippen LogP contribution in [0.3, 0.4) is 0 Å².